The lowest BCUT2D eigenvalue weighted by Crippen LogP contribution is -2.43. The highest BCUT2D eigenvalue weighted by Crippen LogP contribution is 2.43. The molecule has 3 aliphatic rings. The number of nitrogens with one attached hydrogen (secondary N) is 2. The highest BCUT2D eigenvalue weighted by atomic mass is 32.2. The van der Waals surface area contributed by atoms with Gasteiger partial charge in [0.2, 0.25) is 5.95 Å². The number of nitrogens with zero attached hydrogens (tertiary/aromatic N) is 4. The molecule has 2 aliphatic heterocycles. The number of anilines is 3. The molecule has 218 valence electrons. The highest BCUT2D eigenvalue weighted by molar-refractivity contribution is 7.91. The molecule has 6 rings (SSSR count). The quantitative estimate of drug-likeness (QED) is 0.427. The summed E-state index contributed by atoms with van der Waals surface area (Å²) in [6.45, 7) is 5.60. The molecule has 0 atom stereocenters. The SMILES string of the molecule is CCc1cc(N2CCNCC2)ccc1Nc1ncc(C(F)(F)F)c(-c2cc3c(s2)C(=O)N(C2CC2)CCS3(=O)=O)n1. The number of sulfone groups is 1. The van der Waals surface area contributed by atoms with Gasteiger partial charge < -0.3 is 20.4 Å². The van der Waals surface area contributed by atoms with E-state index in [4.69, 9.17) is 0 Å². The molecule has 1 saturated carbocycles. The standard InChI is InChI=1S/C27H29F3N6O3S2/c1-2-16-13-18(35-9-7-31-8-10-35)5-6-20(16)33-26-32-15-19(27(28,29)30)23(34-26)21-14-22-24(40-21)25(37)36(17-3-4-17)11-12-41(22,38)39/h5-6,13-15,17,31H,2-4,7-12H2,1H3,(H,32,33,34). The van der Waals surface area contributed by atoms with Gasteiger partial charge in [-0.15, -0.1) is 11.3 Å². The first-order valence-corrected chi connectivity index (χ1v) is 16.0. The van der Waals surface area contributed by atoms with Gasteiger partial charge in [-0.05, 0) is 49.1 Å². The van der Waals surface area contributed by atoms with Crippen molar-refractivity contribution in [1.82, 2.24) is 20.2 Å². The molecule has 1 aromatic carbocycles. The number of amides is 1. The number of hydrogen-bond donors (Lipinski definition) is 2. The summed E-state index contributed by atoms with van der Waals surface area (Å²) in [6.07, 6.45) is -1.85. The van der Waals surface area contributed by atoms with Crippen LogP contribution in [0.4, 0.5) is 30.5 Å². The number of piperazine rings is 1. The molecule has 0 unspecified atom stereocenters. The molecular weight excluding hydrogens is 577 g/mol. The van der Waals surface area contributed by atoms with Gasteiger partial charge in [0, 0.05) is 56.3 Å². The van der Waals surface area contributed by atoms with E-state index < -0.39 is 33.2 Å². The van der Waals surface area contributed by atoms with Crippen LogP contribution in [0.25, 0.3) is 10.6 Å². The summed E-state index contributed by atoms with van der Waals surface area (Å²) in [5.74, 6) is -0.793. The summed E-state index contributed by atoms with van der Waals surface area (Å²) in [4.78, 5) is 24.9. The Morgan fingerprint density at radius 1 is 1.15 bits per heavy atom. The molecule has 9 nitrogen and oxygen atoms in total. The normalized spacial score (nSPS) is 19.2. The lowest BCUT2D eigenvalue weighted by atomic mass is 10.1. The zero-order valence-corrected chi connectivity index (χ0v) is 23.9. The van der Waals surface area contributed by atoms with Gasteiger partial charge in [0.05, 0.1) is 21.2 Å². The first kappa shape index (κ1) is 27.9. The van der Waals surface area contributed by atoms with Crippen molar-refractivity contribution in [2.24, 2.45) is 0 Å². The van der Waals surface area contributed by atoms with Crippen molar-refractivity contribution in [3.8, 4) is 10.6 Å². The zero-order valence-electron chi connectivity index (χ0n) is 22.3. The second-order valence-electron chi connectivity index (χ2n) is 10.4. The molecule has 14 heteroatoms. The van der Waals surface area contributed by atoms with Crippen LogP contribution in [0.2, 0.25) is 0 Å². The topological polar surface area (TPSA) is 108 Å². The fourth-order valence-corrected chi connectivity index (χ4v) is 8.16. The van der Waals surface area contributed by atoms with Crippen molar-refractivity contribution < 1.29 is 26.4 Å². The minimum absolute atomic E-state index is 0.0273. The Balaban J connectivity index is 1.38. The molecule has 3 aromatic rings. The maximum absolute atomic E-state index is 14.1. The summed E-state index contributed by atoms with van der Waals surface area (Å²) < 4.78 is 68.3. The van der Waals surface area contributed by atoms with E-state index >= 15 is 0 Å². The average Bonchev–Trinajstić information content (AvgIpc) is 3.69. The van der Waals surface area contributed by atoms with Crippen LogP contribution < -0.4 is 15.5 Å². The molecule has 0 bridgehead atoms. The molecule has 41 heavy (non-hydrogen) atoms. The van der Waals surface area contributed by atoms with E-state index in [9.17, 15) is 26.4 Å². The van der Waals surface area contributed by atoms with Crippen LogP contribution in [0.1, 0.15) is 40.6 Å². The van der Waals surface area contributed by atoms with E-state index in [2.05, 4.69) is 31.6 Å². The van der Waals surface area contributed by atoms with Crippen LogP contribution in [0, 0.1) is 0 Å². The van der Waals surface area contributed by atoms with Gasteiger partial charge in [-0.1, -0.05) is 6.92 Å². The van der Waals surface area contributed by atoms with Crippen LogP contribution >= 0.6 is 11.3 Å². The Kier molecular flexibility index (Phi) is 7.19. The van der Waals surface area contributed by atoms with Crippen LogP contribution in [-0.4, -0.2) is 73.7 Å². The average molecular weight is 607 g/mol. The fraction of sp³-hybridized carbons (Fsp3) is 0.444. The van der Waals surface area contributed by atoms with Gasteiger partial charge in [0.25, 0.3) is 5.91 Å². The molecule has 1 aliphatic carbocycles. The Hall–Kier alpha value is -3.23. The van der Waals surface area contributed by atoms with Gasteiger partial charge in [0.1, 0.15) is 10.4 Å². The largest absolute Gasteiger partial charge is 0.420 e. The Morgan fingerprint density at radius 3 is 2.59 bits per heavy atom. The van der Waals surface area contributed by atoms with Crippen molar-refractivity contribution in [2.75, 3.05) is 48.7 Å². The van der Waals surface area contributed by atoms with Crippen molar-refractivity contribution in [2.45, 2.75) is 43.3 Å². The number of carbonyl (C=O) groups is 1. The van der Waals surface area contributed by atoms with Crippen molar-refractivity contribution >= 4 is 44.4 Å². The first-order chi connectivity index (χ1) is 19.5. The molecule has 1 saturated heterocycles. The van der Waals surface area contributed by atoms with Gasteiger partial charge in [-0.25, -0.2) is 18.4 Å². The summed E-state index contributed by atoms with van der Waals surface area (Å²) in [6, 6.07) is 7.00. The maximum atomic E-state index is 14.1. The fourth-order valence-electron chi connectivity index (χ4n) is 5.24. The number of alkyl halides is 3. The predicted molar refractivity (Wildman–Crippen MR) is 151 cm³/mol. The third-order valence-electron chi connectivity index (χ3n) is 7.60. The number of fused-ring (bicyclic) bond motifs is 1. The predicted octanol–water partition coefficient (Wildman–Crippen LogP) is 4.33. The van der Waals surface area contributed by atoms with Crippen LogP contribution in [-0.2, 0) is 22.4 Å². The Morgan fingerprint density at radius 2 is 1.90 bits per heavy atom. The van der Waals surface area contributed by atoms with E-state index in [1.54, 1.807) is 0 Å². The number of aromatic nitrogens is 2. The summed E-state index contributed by atoms with van der Waals surface area (Å²) in [5, 5.41) is 6.38. The van der Waals surface area contributed by atoms with E-state index in [1.807, 2.05) is 19.1 Å². The summed E-state index contributed by atoms with van der Waals surface area (Å²) in [7, 11) is -3.87. The lowest BCUT2D eigenvalue weighted by Gasteiger charge is -2.30. The minimum Gasteiger partial charge on any atom is -0.369 e. The second kappa shape index (κ2) is 10.6. The number of halogens is 3. The Labute approximate surface area is 239 Å². The number of rotatable bonds is 6. The number of benzene rings is 1. The van der Waals surface area contributed by atoms with Crippen molar-refractivity contribution in [3.63, 3.8) is 0 Å². The number of hydrogen-bond acceptors (Lipinski definition) is 9. The van der Waals surface area contributed by atoms with Crippen LogP contribution in [0.3, 0.4) is 0 Å². The van der Waals surface area contributed by atoms with Gasteiger partial charge in [0.15, 0.2) is 9.84 Å². The van der Waals surface area contributed by atoms with E-state index in [0.29, 0.717) is 18.3 Å². The van der Waals surface area contributed by atoms with Gasteiger partial charge in [-0.3, -0.25) is 4.79 Å². The summed E-state index contributed by atoms with van der Waals surface area (Å²) in [5.41, 5.74) is 1.11. The highest BCUT2D eigenvalue weighted by Gasteiger charge is 2.41. The van der Waals surface area contributed by atoms with Crippen molar-refractivity contribution in [3.05, 3.63) is 46.5 Å². The van der Waals surface area contributed by atoms with E-state index in [-0.39, 0.29) is 38.9 Å². The monoisotopic (exact) mass is 606 g/mol. The third kappa shape index (κ3) is 5.52. The number of thiophene rings is 1. The maximum Gasteiger partial charge on any atom is 0.420 e. The molecule has 1 amide bonds. The lowest BCUT2D eigenvalue weighted by molar-refractivity contribution is -0.137. The number of aryl methyl sites for hydroxylation is 1. The molecule has 2 aromatic heterocycles. The molecule has 2 fully saturated rings. The van der Waals surface area contributed by atoms with E-state index in [1.165, 1.54) is 4.90 Å². The molecule has 0 spiro atoms. The minimum atomic E-state index is -4.79. The van der Waals surface area contributed by atoms with Crippen LogP contribution in [0.5, 0.6) is 0 Å². The first-order valence-electron chi connectivity index (χ1n) is 13.5. The third-order valence-corrected chi connectivity index (χ3v) is 10.6. The van der Waals surface area contributed by atoms with Crippen LogP contribution in [0.15, 0.2) is 35.4 Å². The summed E-state index contributed by atoms with van der Waals surface area (Å²) >= 11 is 0.733. The van der Waals surface area contributed by atoms with Crippen molar-refractivity contribution in [1.29, 1.82) is 0 Å². The second-order valence-corrected chi connectivity index (χ2v) is 13.5. The zero-order chi connectivity index (χ0) is 28.9. The van der Waals surface area contributed by atoms with E-state index in [0.717, 1.165) is 67.7 Å². The Bertz CT molecular complexity index is 1600. The molecule has 2 N–H and O–H groups in total. The molecule has 4 heterocycles. The van der Waals surface area contributed by atoms with Gasteiger partial charge >= 0.3 is 6.18 Å². The molecular formula is C27H29F3N6O3S2. The molecule has 0 radical (unpaired) electrons. The van der Waals surface area contributed by atoms with Gasteiger partial charge in [-0.2, -0.15) is 13.2 Å². The number of carbonyl (C=O) groups excluding carboxylic acids is 1. The smallest absolute Gasteiger partial charge is 0.369 e.